The summed E-state index contributed by atoms with van der Waals surface area (Å²) in [6.45, 7) is 8.43. The molecule has 16 heavy (non-hydrogen) atoms. The summed E-state index contributed by atoms with van der Waals surface area (Å²) >= 11 is 0. The Labute approximate surface area is 96.9 Å². The molecule has 0 radical (unpaired) electrons. The minimum Gasteiger partial charge on any atom is -0.351 e. The highest BCUT2D eigenvalue weighted by Gasteiger charge is 2.22. The van der Waals surface area contributed by atoms with Gasteiger partial charge in [-0.25, -0.2) is 0 Å². The Kier molecular flexibility index (Phi) is 2.86. The van der Waals surface area contributed by atoms with Crippen LogP contribution in [0.1, 0.15) is 43.6 Å². The van der Waals surface area contributed by atoms with E-state index in [0.717, 1.165) is 17.8 Å². The second kappa shape index (κ2) is 4.16. The lowest BCUT2D eigenvalue weighted by Gasteiger charge is -2.24. The van der Waals surface area contributed by atoms with Crippen molar-refractivity contribution in [1.29, 1.82) is 0 Å². The molecule has 86 valence electrons. The number of allylic oxidation sites excluding steroid dienone is 1. The van der Waals surface area contributed by atoms with E-state index >= 15 is 0 Å². The van der Waals surface area contributed by atoms with Crippen molar-refractivity contribution in [3.63, 3.8) is 0 Å². The molecule has 2 heterocycles. The van der Waals surface area contributed by atoms with Crippen molar-refractivity contribution < 1.29 is 0 Å². The lowest BCUT2D eigenvalue weighted by molar-refractivity contribution is 0.649. The first-order valence-corrected chi connectivity index (χ1v) is 5.83. The van der Waals surface area contributed by atoms with Gasteiger partial charge in [0, 0.05) is 30.2 Å². The summed E-state index contributed by atoms with van der Waals surface area (Å²) < 4.78 is 0. The number of hydrogen-bond donors (Lipinski definition) is 1. The molecule has 0 aromatic carbocycles. The molecule has 0 saturated carbocycles. The fourth-order valence-electron chi connectivity index (χ4n) is 2.11. The molecule has 1 aliphatic rings. The maximum absolute atomic E-state index is 4.39. The van der Waals surface area contributed by atoms with Crippen LogP contribution in [-0.4, -0.2) is 22.1 Å². The molecule has 1 aromatic heterocycles. The number of nitrogens with one attached hydrogen (secondary N) is 1. The second-order valence-electron chi connectivity index (χ2n) is 4.40. The van der Waals surface area contributed by atoms with Gasteiger partial charge in [0.1, 0.15) is 0 Å². The average molecular weight is 217 g/mol. The molecule has 0 unspecified atom stereocenters. The largest absolute Gasteiger partial charge is 0.351 e. The van der Waals surface area contributed by atoms with E-state index in [4.69, 9.17) is 0 Å². The summed E-state index contributed by atoms with van der Waals surface area (Å²) in [6.07, 6.45) is 5.52. The number of fused-ring (bicyclic) bond motifs is 1. The molecule has 0 amide bonds. The van der Waals surface area contributed by atoms with E-state index in [9.17, 15) is 0 Å². The number of aromatic nitrogens is 2. The smallest absolute Gasteiger partial charge is 0.0988 e. The van der Waals surface area contributed by atoms with Gasteiger partial charge in [0.25, 0.3) is 0 Å². The molecule has 0 atom stereocenters. The van der Waals surface area contributed by atoms with E-state index in [-0.39, 0.29) is 0 Å². The lowest BCUT2D eigenvalue weighted by atomic mass is 9.99. The second-order valence-corrected chi connectivity index (χ2v) is 4.40. The summed E-state index contributed by atoms with van der Waals surface area (Å²) in [5.74, 6) is 0. The Bertz CT molecular complexity index is 440. The summed E-state index contributed by atoms with van der Waals surface area (Å²) in [4.78, 5) is 2.07. The Morgan fingerprint density at radius 3 is 2.94 bits per heavy atom. The number of aryl methyl sites for hydroxylation is 1. The van der Waals surface area contributed by atoms with Crippen LogP contribution in [0.2, 0.25) is 0 Å². The highest BCUT2D eigenvalue weighted by molar-refractivity contribution is 5.81. The van der Waals surface area contributed by atoms with Gasteiger partial charge in [0.2, 0.25) is 0 Å². The number of nitrogens with zero attached hydrogens (tertiary/aromatic N) is 2. The van der Waals surface area contributed by atoms with Crippen LogP contribution in [0, 0.1) is 0 Å². The van der Waals surface area contributed by atoms with E-state index in [2.05, 4.69) is 41.7 Å². The van der Waals surface area contributed by atoms with Crippen molar-refractivity contribution in [2.24, 2.45) is 0 Å². The number of hydrogen-bond acceptors (Lipinski definition) is 2. The Balaban J connectivity index is 2.40. The maximum atomic E-state index is 4.39. The van der Waals surface area contributed by atoms with Crippen LogP contribution in [0.15, 0.2) is 12.8 Å². The Hall–Kier alpha value is -1.51. The number of aromatic amines is 1. The van der Waals surface area contributed by atoms with Gasteiger partial charge >= 0.3 is 0 Å². The van der Waals surface area contributed by atoms with Gasteiger partial charge in [-0.2, -0.15) is 5.10 Å². The van der Waals surface area contributed by atoms with Gasteiger partial charge in [0.05, 0.1) is 5.69 Å². The molecule has 1 aliphatic heterocycles. The minimum atomic E-state index is 1.04. The topological polar surface area (TPSA) is 31.9 Å². The fraction of sp³-hybridized carbons (Fsp3) is 0.462. The van der Waals surface area contributed by atoms with Gasteiger partial charge in [-0.1, -0.05) is 19.9 Å². The SMILES string of the molecule is C=C1c2c(n[nH]c2CCCC)C(C)=CN1C. The van der Waals surface area contributed by atoms with E-state index in [1.807, 2.05) is 7.05 Å². The Morgan fingerprint density at radius 2 is 2.25 bits per heavy atom. The number of H-pyrrole nitrogens is 1. The number of rotatable bonds is 3. The highest BCUT2D eigenvalue weighted by Crippen LogP contribution is 2.33. The highest BCUT2D eigenvalue weighted by atomic mass is 15.2. The summed E-state index contributed by atoms with van der Waals surface area (Å²) in [6, 6.07) is 0. The van der Waals surface area contributed by atoms with E-state index in [1.165, 1.54) is 29.7 Å². The van der Waals surface area contributed by atoms with Crippen LogP contribution in [0.25, 0.3) is 11.3 Å². The first-order chi connectivity index (χ1) is 7.65. The van der Waals surface area contributed by atoms with Gasteiger partial charge in [-0.3, -0.25) is 5.10 Å². The van der Waals surface area contributed by atoms with Crippen molar-refractivity contribution in [3.8, 4) is 0 Å². The molecular formula is C13H19N3. The van der Waals surface area contributed by atoms with Crippen molar-refractivity contribution in [1.82, 2.24) is 15.1 Å². The molecule has 0 fully saturated rings. The Morgan fingerprint density at radius 1 is 1.50 bits per heavy atom. The molecule has 3 heteroatoms. The van der Waals surface area contributed by atoms with Crippen molar-refractivity contribution in [2.45, 2.75) is 33.1 Å². The molecule has 0 aliphatic carbocycles. The van der Waals surface area contributed by atoms with Crippen LogP contribution >= 0.6 is 0 Å². The monoisotopic (exact) mass is 217 g/mol. The summed E-state index contributed by atoms with van der Waals surface area (Å²) in [5, 5.41) is 7.55. The normalized spacial score (nSPS) is 15.1. The lowest BCUT2D eigenvalue weighted by Crippen LogP contribution is -2.15. The zero-order valence-corrected chi connectivity index (χ0v) is 10.3. The van der Waals surface area contributed by atoms with Gasteiger partial charge in [0.15, 0.2) is 0 Å². The first-order valence-electron chi connectivity index (χ1n) is 5.83. The molecular weight excluding hydrogens is 198 g/mol. The van der Waals surface area contributed by atoms with Gasteiger partial charge in [-0.15, -0.1) is 0 Å². The quantitative estimate of drug-likeness (QED) is 0.844. The predicted octanol–water partition coefficient (Wildman–Crippen LogP) is 3.03. The summed E-state index contributed by atoms with van der Waals surface area (Å²) in [7, 11) is 2.03. The molecule has 3 nitrogen and oxygen atoms in total. The zero-order chi connectivity index (χ0) is 11.7. The molecule has 0 bridgehead atoms. The first kappa shape index (κ1) is 11.0. The van der Waals surface area contributed by atoms with E-state index < -0.39 is 0 Å². The van der Waals surface area contributed by atoms with Crippen molar-refractivity contribution >= 4 is 11.3 Å². The van der Waals surface area contributed by atoms with Crippen LogP contribution < -0.4 is 0 Å². The molecule has 1 aromatic rings. The molecule has 2 rings (SSSR count). The fourth-order valence-corrected chi connectivity index (χ4v) is 2.11. The average Bonchev–Trinajstić information content (AvgIpc) is 2.67. The molecule has 0 saturated heterocycles. The zero-order valence-electron chi connectivity index (χ0n) is 10.3. The molecule has 0 spiro atoms. The van der Waals surface area contributed by atoms with Crippen LogP contribution in [0.5, 0.6) is 0 Å². The van der Waals surface area contributed by atoms with Crippen LogP contribution in [0.3, 0.4) is 0 Å². The van der Waals surface area contributed by atoms with Crippen LogP contribution in [0.4, 0.5) is 0 Å². The third-order valence-electron chi connectivity index (χ3n) is 3.10. The van der Waals surface area contributed by atoms with Crippen molar-refractivity contribution in [2.75, 3.05) is 7.05 Å². The predicted molar refractivity (Wildman–Crippen MR) is 67.6 cm³/mol. The van der Waals surface area contributed by atoms with Crippen LogP contribution in [-0.2, 0) is 6.42 Å². The standard InChI is InChI=1S/C13H19N3/c1-5-6-7-11-12-10(3)16(4)8-9(2)13(12)15-14-11/h8H,3,5-7H2,1-2,4H3,(H,14,15). The third-order valence-corrected chi connectivity index (χ3v) is 3.10. The minimum absolute atomic E-state index is 1.04. The van der Waals surface area contributed by atoms with Crippen molar-refractivity contribution in [3.05, 3.63) is 29.7 Å². The maximum Gasteiger partial charge on any atom is 0.0988 e. The van der Waals surface area contributed by atoms with E-state index in [0.29, 0.717) is 0 Å². The molecule has 1 N–H and O–H groups in total. The van der Waals surface area contributed by atoms with Gasteiger partial charge < -0.3 is 4.90 Å². The van der Waals surface area contributed by atoms with Gasteiger partial charge in [-0.05, 0) is 25.3 Å². The number of unbranched alkanes of at least 4 members (excludes halogenated alkanes) is 1. The summed E-state index contributed by atoms with van der Waals surface area (Å²) in [5.41, 5.74) is 5.73. The van der Waals surface area contributed by atoms with E-state index in [1.54, 1.807) is 0 Å². The third kappa shape index (κ3) is 1.66.